The van der Waals surface area contributed by atoms with Crippen LogP contribution in [0, 0.1) is 0 Å². The molecule has 144 valence electrons. The Morgan fingerprint density at radius 1 is 1.00 bits per heavy atom. The van der Waals surface area contributed by atoms with Crippen molar-refractivity contribution >= 4 is 29.0 Å². The number of rotatable bonds is 10. The first-order valence-electron chi connectivity index (χ1n) is 9.17. The van der Waals surface area contributed by atoms with E-state index in [1.54, 1.807) is 0 Å². The lowest BCUT2D eigenvalue weighted by Crippen LogP contribution is -2.47. The summed E-state index contributed by atoms with van der Waals surface area (Å²) in [5.41, 5.74) is 5.52. The van der Waals surface area contributed by atoms with Gasteiger partial charge in [-0.2, -0.15) is 0 Å². The summed E-state index contributed by atoms with van der Waals surface area (Å²) in [5.74, 6) is -0.153. The Kier molecular flexibility index (Phi) is 9.13. The Bertz CT molecular complexity index is 695. The van der Waals surface area contributed by atoms with E-state index in [1.807, 2.05) is 53.5 Å². The Morgan fingerprint density at radius 2 is 1.67 bits per heavy atom. The molecule has 0 aliphatic heterocycles. The van der Waals surface area contributed by atoms with Crippen LogP contribution in [-0.2, 0) is 16.1 Å². The fourth-order valence-electron chi connectivity index (χ4n) is 2.61. The zero-order valence-corrected chi connectivity index (χ0v) is 16.5. The van der Waals surface area contributed by atoms with Crippen LogP contribution < -0.4 is 15.8 Å². The first-order valence-corrected chi connectivity index (χ1v) is 9.57. The number of carbonyl (C=O) groups excluding carboxylic acids is 1. The molecule has 6 heteroatoms. The SMILES string of the molecule is COC(=O)CCCCCNC(=S)NN(Cc1ccccc1)c1ccccc1. The number of ether oxygens (including phenoxy) is 1. The quantitative estimate of drug-likeness (QED) is 0.281. The highest BCUT2D eigenvalue weighted by molar-refractivity contribution is 7.80. The summed E-state index contributed by atoms with van der Waals surface area (Å²) in [6.45, 7) is 1.47. The largest absolute Gasteiger partial charge is 0.469 e. The number of carbonyl (C=O) groups is 1. The molecule has 0 saturated heterocycles. The zero-order valence-electron chi connectivity index (χ0n) is 15.7. The molecule has 0 atom stereocenters. The van der Waals surface area contributed by atoms with Crippen molar-refractivity contribution in [3.05, 3.63) is 66.2 Å². The van der Waals surface area contributed by atoms with Crippen LogP contribution in [-0.4, -0.2) is 24.7 Å². The van der Waals surface area contributed by atoms with E-state index >= 15 is 0 Å². The topological polar surface area (TPSA) is 53.6 Å². The number of anilines is 1. The molecule has 0 bridgehead atoms. The molecule has 0 amide bonds. The lowest BCUT2D eigenvalue weighted by atomic mass is 10.2. The van der Waals surface area contributed by atoms with Gasteiger partial charge in [-0.3, -0.25) is 15.2 Å². The van der Waals surface area contributed by atoms with Gasteiger partial charge in [0.1, 0.15) is 0 Å². The Labute approximate surface area is 166 Å². The molecule has 2 aromatic rings. The molecular formula is C21H27N3O2S. The van der Waals surface area contributed by atoms with Gasteiger partial charge in [0.05, 0.1) is 19.3 Å². The molecule has 0 heterocycles. The smallest absolute Gasteiger partial charge is 0.305 e. The monoisotopic (exact) mass is 385 g/mol. The van der Waals surface area contributed by atoms with Gasteiger partial charge in [0.2, 0.25) is 0 Å². The lowest BCUT2D eigenvalue weighted by molar-refractivity contribution is -0.140. The normalized spacial score (nSPS) is 10.1. The Balaban J connectivity index is 1.80. The third kappa shape index (κ3) is 8.09. The average Bonchev–Trinajstić information content (AvgIpc) is 2.71. The summed E-state index contributed by atoms with van der Waals surface area (Å²) in [4.78, 5) is 11.1. The molecule has 0 unspecified atom stereocenters. The molecular weight excluding hydrogens is 358 g/mol. The number of thiocarbonyl (C=S) groups is 1. The van der Waals surface area contributed by atoms with E-state index in [0.717, 1.165) is 31.5 Å². The van der Waals surface area contributed by atoms with Crippen LogP contribution in [0.4, 0.5) is 5.69 Å². The minimum Gasteiger partial charge on any atom is -0.469 e. The maximum atomic E-state index is 11.1. The fourth-order valence-corrected chi connectivity index (χ4v) is 2.82. The van der Waals surface area contributed by atoms with Crippen molar-refractivity contribution in [2.75, 3.05) is 18.7 Å². The predicted molar refractivity (Wildman–Crippen MR) is 113 cm³/mol. The van der Waals surface area contributed by atoms with Crippen LogP contribution in [0.1, 0.15) is 31.2 Å². The number of hydrogen-bond acceptors (Lipinski definition) is 4. The van der Waals surface area contributed by atoms with Crippen molar-refractivity contribution < 1.29 is 9.53 Å². The van der Waals surface area contributed by atoms with Gasteiger partial charge in [0.15, 0.2) is 5.11 Å². The van der Waals surface area contributed by atoms with E-state index in [4.69, 9.17) is 12.2 Å². The van der Waals surface area contributed by atoms with E-state index in [9.17, 15) is 4.79 Å². The molecule has 2 N–H and O–H groups in total. The molecule has 0 fully saturated rings. The zero-order chi connectivity index (χ0) is 19.3. The predicted octanol–water partition coefficient (Wildman–Crippen LogP) is 3.81. The van der Waals surface area contributed by atoms with E-state index in [2.05, 4.69) is 27.6 Å². The third-order valence-electron chi connectivity index (χ3n) is 4.06. The average molecular weight is 386 g/mol. The van der Waals surface area contributed by atoms with Gasteiger partial charge < -0.3 is 10.1 Å². The van der Waals surface area contributed by atoms with Gasteiger partial charge >= 0.3 is 5.97 Å². The third-order valence-corrected chi connectivity index (χ3v) is 4.29. The lowest BCUT2D eigenvalue weighted by Gasteiger charge is -2.27. The standard InChI is InChI=1S/C21H27N3O2S/c1-26-20(25)15-9-4-10-16-22-21(27)23-24(19-13-7-3-8-14-19)17-18-11-5-2-6-12-18/h2-3,5-8,11-14H,4,9-10,15-17H2,1H3,(H2,22,23,27). The second-order valence-electron chi connectivity index (χ2n) is 6.16. The second-order valence-corrected chi connectivity index (χ2v) is 6.57. The molecule has 2 rings (SSSR count). The van der Waals surface area contributed by atoms with Crippen molar-refractivity contribution in [2.24, 2.45) is 0 Å². The molecule has 5 nitrogen and oxygen atoms in total. The maximum Gasteiger partial charge on any atom is 0.305 e. The van der Waals surface area contributed by atoms with Gasteiger partial charge in [-0.05, 0) is 42.8 Å². The minimum atomic E-state index is -0.153. The van der Waals surface area contributed by atoms with Gasteiger partial charge in [0.25, 0.3) is 0 Å². The van der Waals surface area contributed by atoms with Crippen molar-refractivity contribution in [3.63, 3.8) is 0 Å². The molecule has 0 aliphatic carbocycles. The number of hydrogen-bond donors (Lipinski definition) is 2. The van der Waals surface area contributed by atoms with Crippen LogP contribution in [0.25, 0.3) is 0 Å². The summed E-state index contributed by atoms with van der Waals surface area (Å²) in [6, 6.07) is 20.4. The van der Waals surface area contributed by atoms with Crippen LogP contribution >= 0.6 is 12.2 Å². The van der Waals surface area contributed by atoms with Gasteiger partial charge in [-0.25, -0.2) is 0 Å². The molecule has 0 saturated carbocycles. The highest BCUT2D eigenvalue weighted by Crippen LogP contribution is 2.14. The number of benzene rings is 2. The van der Waals surface area contributed by atoms with Crippen molar-refractivity contribution in [1.29, 1.82) is 0 Å². The molecule has 27 heavy (non-hydrogen) atoms. The minimum absolute atomic E-state index is 0.153. The maximum absolute atomic E-state index is 11.1. The number of esters is 1. The van der Waals surface area contributed by atoms with Crippen molar-refractivity contribution in [2.45, 2.75) is 32.2 Å². The van der Waals surface area contributed by atoms with Gasteiger partial charge in [-0.1, -0.05) is 55.0 Å². The molecule has 2 aromatic carbocycles. The summed E-state index contributed by atoms with van der Waals surface area (Å²) >= 11 is 5.45. The Morgan fingerprint density at radius 3 is 2.33 bits per heavy atom. The van der Waals surface area contributed by atoms with Gasteiger partial charge in [0, 0.05) is 13.0 Å². The number of para-hydroxylation sites is 1. The summed E-state index contributed by atoms with van der Waals surface area (Å²) < 4.78 is 4.64. The van der Waals surface area contributed by atoms with Crippen LogP contribution in [0.2, 0.25) is 0 Å². The van der Waals surface area contributed by atoms with Crippen LogP contribution in [0.15, 0.2) is 60.7 Å². The van der Waals surface area contributed by atoms with E-state index < -0.39 is 0 Å². The highest BCUT2D eigenvalue weighted by Gasteiger charge is 2.08. The van der Waals surface area contributed by atoms with Crippen molar-refractivity contribution in [1.82, 2.24) is 10.7 Å². The Hall–Kier alpha value is -2.60. The summed E-state index contributed by atoms with van der Waals surface area (Å²) in [7, 11) is 1.42. The summed E-state index contributed by atoms with van der Waals surface area (Å²) in [5, 5.41) is 5.85. The first kappa shape index (κ1) is 20.7. The first-order chi connectivity index (χ1) is 13.2. The second kappa shape index (κ2) is 11.9. The van der Waals surface area contributed by atoms with Crippen LogP contribution in [0.5, 0.6) is 0 Å². The summed E-state index contributed by atoms with van der Waals surface area (Å²) in [6.07, 6.45) is 3.21. The number of hydrazine groups is 1. The van der Waals surface area contributed by atoms with Crippen LogP contribution in [0.3, 0.4) is 0 Å². The van der Waals surface area contributed by atoms with Gasteiger partial charge in [-0.15, -0.1) is 0 Å². The number of unbranched alkanes of at least 4 members (excludes halogenated alkanes) is 2. The van der Waals surface area contributed by atoms with E-state index in [0.29, 0.717) is 18.1 Å². The van der Waals surface area contributed by atoms with E-state index in [1.165, 1.54) is 12.7 Å². The number of methoxy groups -OCH3 is 1. The number of nitrogens with zero attached hydrogens (tertiary/aromatic N) is 1. The molecule has 0 aromatic heterocycles. The van der Waals surface area contributed by atoms with Crippen molar-refractivity contribution in [3.8, 4) is 0 Å². The molecule has 0 radical (unpaired) electrons. The highest BCUT2D eigenvalue weighted by atomic mass is 32.1. The van der Waals surface area contributed by atoms with E-state index in [-0.39, 0.29) is 5.97 Å². The molecule has 0 aliphatic rings. The fraction of sp³-hybridized carbons (Fsp3) is 0.333. The number of nitrogens with one attached hydrogen (secondary N) is 2. The molecule has 0 spiro atoms.